The minimum Gasteiger partial charge on any atom is -0.480 e. The first kappa shape index (κ1) is 25.0. The van der Waals surface area contributed by atoms with Crippen molar-refractivity contribution in [3.63, 3.8) is 0 Å². The van der Waals surface area contributed by atoms with Gasteiger partial charge in [0.15, 0.2) is 17.5 Å². The van der Waals surface area contributed by atoms with Gasteiger partial charge in [0.2, 0.25) is 0 Å². The smallest absolute Gasteiger partial charge is 0.326 e. The highest BCUT2D eigenvalue weighted by Gasteiger charge is 2.25. The summed E-state index contributed by atoms with van der Waals surface area (Å²) >= 11 is 0. The third kappa shape index (κ3) is 5.51. The molecule has 5 rings (SSSR count). The minimum absolute atomic E-state index is 0.0684. The molecule has 2 aromatic heterocycles. The number of nitrogens with one attached hydrogen (secondary N) is 1. The van der Waals surface area contributed by atoms with E-state index in [1.807, 2.05) is 13.0 Å². The Kier molecular flexibility index (Phi) is 7.07. The summed E-state index contributed by atoms with van der Waals surface area (Å²) in [5.74, 6) is -2.53. The lowest BCUT2D eigenvalue weighted by molar-refractivity contribution is -0.137. The van der Waals surface area contributed by atoms with Gasteiger partial charge in [-0.1, -0.05) is 53.7 Å². The number of hydrogen-bond acceptors (Lipinski definition) is 7. The second kappa shape index (κ2) is 10.8. The second-order valence-electron chi connectivity index (χ2n) is 8.94. The molecular formula is C27H24F2N6O3. The molecule has 38 heavy (non-hydrogen) atoms. The van der Waals surface area contributed by atoms with E-state index >= 15 is 0 Å². The van der Waals surface area contributed by atoms with Gasteiger partial charge in [0.25, 0.3) is 0 Å². The Morgan fingerprint density at radius 3 is 2.63 bits per heavy atom. The number of anilines is 1. The van der Waals surface area contributed by atoms with Crippen molar-refractivity contribution in [2.75, 3.05) is 5.32 Å². The van der Waals surface area contributed by atoms with Crippen LogP contribution in [0.25, 0.3) is 11.5 Å². The first-order valence-electron chi connectivity index (χ1n) is 12.0. The van der Waals surface area contributed by atoms with E-state index in [9.17, 15) is 18.7 Å². The summed E-state index contributed by atoms with van der Waals surface area (Å²) in [6.45, 7) is 1.99. The number of benzene rings is 2. The Balaban J connectivity index is 1.47. The van der Waals surface area contributed by atoms with E-state index in [0.717, 1.165) is 11.8 Å². The predicted molar refractivity (Wildman–Crippen MR) is 136 cm³/mol. The predicted octanol–water partition coefficient (Wildman–Crippen LogP) is 4.29. The first-order valence-corrected chi connectivity index (χ1v) is 12.0. The molecule has 1 unspecified atom stereocenters. The number of carbonyl (C=O) groups is 1. The van der Waals surface area contributed by atoms with Crippen molar-refractivity contribution < 1.29 is 23.5 Å². The zero-order valence-electron chi connectivity index (χ0n) is 20.4. The van der Waals surface area contributed by atoms with Crippen LogP contribution < -0.4 is 5.32 Å². The van der Waals surface area contributed by atoms with Crippen LogP contribution in [0.1, 0.15) is 30.2 Å². The van der Waals surface area contributed by atoms with Gasteiger partial charge in [-0.2, -0.15) is 5.10 Å². The molecule has 1 aliphatic rings. The van der Waals surface area contributed by atoms with Gasteiger partial charge in [0, 0.05) is 18.4 Å². The molecule has 9 nitrogen and oxygen atoms in total. The first-order chi connectivity index (χ1) is 18.4. The zero-order chi connectivity index (χ0) is 26.6. The van der Waals surface area contributed by atoms with Gasteiger partial charge in [-0.25, -0.2) is 23.5 Å². The number of aliphatic carboxylic acids is 1. The van der Waals surface area contributed by atoms with Crippen molar-refractivity contribution in [3.8, 4) is 11.5 Å². The summed E-state index contributed by atoms with van der Waals surface area (Å²) in [5, 5.41) is 21.1. The summed E-state index contributed by atoms with van der Waals surface area (Å²) in [6.07, 6.45) is 1.48. The molecule has 0 saturated heterocycles. The fourth-order valence-electron chi connectivity index (χ4n) is 4.13. The van der Waals surface area contributed by atoms with E-state index in [2.05, 4.69) is 25.5 Å². The SMILES string of the molecule is CC1CC(c2cc(-c3ncc(F)c(N[C@H](Cc4ccccc4)C(=O)O)n3)nn2Cc2ccccc2F)=NO1. The van der Waals surface area contributed by atoms with Crippen LogP contribution in [0.4, 0.5) is 14.6 Å². The number of hydrogen-bond donors (Lipinski definition) is 2. The van der Waals surface area contributed by atoms with Crippen LogP contribution in [-0.4, -0.2) is 48.7 Å². The molecule has 2 aromatic carbocycles. The molecule has 0 saturated carbocycles. The summed E-state index contributed by atoms with van der Waals surface area (Å²) in [6, 6.07) is 15.9. The van der Waals surface area contributed by atoms with Crippen LogP contribution in [0, 0.1) is 11.6 Å². The van der Waals surface area contributed by atoms with Crippen LogP contribution in [-0.2, 0) is 22.6 Å². The number of carboxylic acids is 1. The molecule has 194 valence electrons. The number of aromatic nitrogens is 4. The van der Waals surface area contributed by atoms with Crippen LogP contribution in [0.5, 0.6) is 0 Å². The maximum absolute atomic E-state index is 14.7. The Hall–Kier alpha value is -4.67. The van der Waals surface area contributed by atoms with E-state index in [1.165, 1.54) is 6.07 Å². The summed E-state index contributed by atoms with van der Waals surface area (Å²) < 4.78 is 30.6. The number of halogens is 2. The van der Waals surface area contributed by atoms with Gasteiger partial charge in [-0.05, 0) is 24.6 Å². The molecule has 0 aliphatic carbocycles. The topological polar surface area (TPSA) is 115 Å². The molecule has 11 heteroatoms. The Morgan fingerprint density at radius 1 is 1.16 bits per heavy atom. The van der Waals surface area contributed by atoms with Gasteiger partial charge >= 0.3 is 5.97 Å². The Labute approximate surface area is 216 Å². The Bertz CT molecular complexity index is 1490. The quantitative estimate of drug-likeness (QED) is 0.340. The molecule has 2 atom stereocenters. The fraction of sp³-hybridized carbons (Fsp3) is 0.222. The fourth-order valence-corrected chi connectivity index (χ4v) is 4.13. The summed E-state index contributed by atoms with van der Waals surface area (Å²) in [4.78, 5) is 25.6. The van der Waals surface area contributed by atoms with Crippen LogP contribution in [0.15, 0.2) is 72.0 Å². The van der Waals surface area contributed by atoms with Gasteiger partial charge in [0.1, 0.15) is 29.4 Å². The molecule has 0 amide bonds. The highest BCUT2D eigenvalue weighted by Crippen LogP contribution is 2.24. The third-order valence-corrected chi connectivity index (χ3v) is 6.04. The lowest BCUT2D eigenvalue weighted by Gasteiger charge is -2.16. The maximum Gasteiger partial charge on any atom is 0.326 e. The molecule has 4 aromatic rings. The van der Waals surface area contributed by atoms with Crippen LogP contribution in [0.3, 0.4) is 0 Å². The van der Waals surface area contributed by atoms with Crippen molar-refractivity contribution >= 4 is 17.5 Å². The number of carboxylic acid groups (broad SMARTS) is 1. The molecular weight excluding hydrogens is 494 g/mol. The summed E-state index contributed by atoms with van der Waals surface area (Å²) in [5.41, 5.74) is 2.69. The lowest BCUT2D eigenvalue weighted by Crippen LogP contribution is -2.32. The molecule has 0 spiro atoms. The number of oxime groups is 1. The molecule has 2 N–H and O–H groups in total. The van der Waals surface area contributed by atoms with Crippen molar-refractivity contribution in [3.05, 3.63) is 95.3 Å². The average Bonchev–Trinajstić information content (AvgIpc) is 3.53. The molecule has 1 aliphatic heterocycles. The van der Waals surface area contributed by atoms with Gasteiger partial charge in [-0.3, -0.25) is 4.68 Å². The highest BCUT2D eigenvalue weighted by atomic mass is 19.1. The van der Waals surface area contributed by atoms with E-state index in [0.29, 0.717) is 23.4 Å². The number of rotatable bonds is 9. The van der Waals surface area contributed by atoms with Gasteiger partial charge < -0.3 is 15.3 Å². The lowest BCUT2D eigenvalue weighted by atomic mass is 10.1. The van der Waals surface area contributed by atoms with Gasteiger partial charge in [-0.15, -0.1) is 0 Å². The maximum atomic E-state index is 14.7. The van der Waals surface area contributed by atoms with E-state index < -0.39 is 17.8 Å². The third-order valence-electron chi connectivity index (χ3n) is 6.04. The highest BCUT2D eigenvalue weighted by molar-refractivity contribution is 6.00. The molecule has 0 fully saturated rings. The van der Waals surface area contributed by atoms with Crippen molar-refractivity contribution in [1.29, 1.82) is 0 Å². The van der Waals surface area contributed by atoms with Crippen molar-refractivity contribution in [2.24, 2.45) is 5.16 Å². The normalized spacial score (nSPS) is 15.6. The second-order valence-corrected chi connectivity index (χ2v) is 8.94. The van der Waals surface area contributed by atoms with Crippen molar-refractivity contribution in [1.82, 2.24) is 19.7 Å². The minimum atomic E-state index is -1.15. The van der Waals surface area contributed by atoms with Crippen LogP contribution in [0.2, 0.25) is 0 Å². The van der Waals surface area contributed by atoms with E-state index in [-0.39, 0.29) is 42.2 Å². The summed E-state index contributed by atoms with van der Waals surface area (Å²) in [7, 11) is 0. The molecule has 3 heterocycles. The van der Waals surface area contributed by atoms with Crippen LogP contribution >= 0.6 is 0 Å². The monoisotopic (exact) mass is 518 g/mol. The number of nitrogens with zero attached hydrogens (tertiary/aromatic N) is 5. The largest absolute Gasteiger partial charge is 0.480 e. The standard InChI is InChI=1S/C27H24F2N6O3/c1-16-11-21(34-38-16)24-13-22(33-35(24)15-18-9-5-6-10-19(18)28)26-30-14-20(29)25(32-26)31-23(27(36)37)12-17-7-3-2-4-8-17/h2-10,13-14,16,23H,11-12,15H2,1H3,(H,36,37)(H,30,31,32)/t16?,23-/m1/s1. The molecule has 0 radical (unpaired) electrons. The molecule has 0 bridgehead atoms. The average molecular weight is 519 g/mol. The Morgan fingerprint density at radius 2 is 1.92 bits per heavy atom. The zero-order valence-corrected chi connectivity index (χ0v) is 20.4. The van der Waals surface area contributed by atoms with E-state index in [4.69, 9.17) is 4.84 Å². The van der Waals surface area contributed by atoms with Crippen molar-refractivity contribution in [2.45, 2.75) is 38.5 Å². The van der Waals surface area contributed by atoms with Gasteiger partial charge in [0.05, 0.1) is 18.4 Å². The van der Waals surface area contributed by atoms with E-state index in [1.54, 1.807) is 53.2 Å².